The fourth-order valence-electron chi connectivity index (χ4n) is 2.28. The van der Waals surface area contributed by atoms with E-state index < -0.39 is 5.97 Å². The number of ether oxygens (including phenoxy) is 1. The highest BCUT2D eigenvalue weighted by Gasteiger charge is 2.17. The molecule has 0 saturated heterocycles. The molecule has 1 aromatic heterocycles. The van der Waals surface area contributed by atoms with E-state index in [1.807, 2.05) is 12.3 Å². The van der Waals surface area contributed by atoms with Gasteiger partial charge in [0.1, 0.15) is 0 Å². The SMILES string of the molecule is COC(=O)c1cccc2c(C(C)C)cn(C)c(=O)c12. The van der Waals surface area contributed by atoms with Crippen LogP contribution in [0.1, 0.15) is 35.7 Å². The third kappa shape index (κ3) is 2.14. The van der Waals surface area contributed by atoms with Gasteiger partial charge in [0.2, 0.25) is 0 Å². The topological polar surface area (TPSA) is 48.3 Å². The molecule has 4 nitrogen and oxygen atoms in total. The molecule has 4 heteroatoms. The summed E-state index contributed by atoms with van der Waals surface area (Å²) in [5, 5.41) is 1.25. The Bertz CT molecular complexity index is 698. The number of methoxy groups -OCH3 is 1. The van der Waals surface area contributed by atoms with Crippen molar-refractivity contribution in [1.29, 1.82) is 0 Å². The Hall–Kier alpha value is -2.10. The van der Waals surface area contributed by atoms with Crippen LogP contribution in [0.15, 0.2) is 29.2 Å². The molecule has 0 spiro atoms. The number of aromatic nitrogens is 1. The highest BCUT2D eigenvalue weighted by molar-refractivity contribution is 6.05. The quantitative estimate of drug-likeness (QED) is 0.778. The standard InChI is InChI=1S/C15H17NO3/c1-9(2)12-8-16(3)14(17)13-10(12)6-5-7-11(13)15(18)19-4/h5-9H,1-4H3. The highest BCUT2D eigenvalue weighted by atomic mass is 16.5. The Morgan fingerprint density at radius 2 is 2.00 bits per heavy atom. The summed E-state index contributed by atoms with van der Waals surface area (Å²) in [4.78, 5) is 24.1. The molecule has 1 aromatic carbocycles. The van der Waals surface area contributed by atoms with Crippen LogP contribution in [0.3, 0.4) is 0 Å². The fourth-order valence-corrected chi connectivity index (χ4v) is 2.28. The first kappa shape index (κ1) is 13.3. The zero-order valence-electron chi connectivity index (χ0n) is 11.6. The molecule has 19 heavy (non-hydrogen) atoms. The van der Waals surface area contributed by atoms with Gasteiger partial charge in [-0.1, -0.05) is 26.0 Å². The lowest BCUT2D eigenvalue weighted by atomic mass is 9.96. The first-order chi connectivity index (χ1) is 8.97. The monoisotopic (exact) mass is 259 g/mol. The van der Waals surface area contributed by atoms with Crippen LogP contribution in [-0.2, 0) is 11.8 Å². The second kappa shape index (κ2) is 4.88. The second-order valence-electron chi connectivity index (χ2n) is 4.87. The van der Waals surface area contributed by atoms with Gasteiger partial charge in [0, 0.05) is 13.2 Å². The van der Waals surface area contributed by atoms with E-state index in [1.54, 1.807) is 19.2 Å². The van der Waals surface area contributed by atoms with Gasteiger partial charge in [-0.05, 0) is 22.9 Å². The molecule has 0 bridgehead atoms. The number of hydrogen-bond acceptors (Lipinski definition) is 3. The third-order valence-electron chi connectivity index (χ3n) is 3.27. The smallest absolute Gasteiger partial charge is 0.338 e. The predicted octanol–water partition coefficient (Wildman–Crippen LogP) is 2.45. The molecule has 0 amide bonds. The second-order valence-corrected chi connectivity index (χ2v) is 4.87. The average molecular weight is 259 g/mol. The van der Waals surface area contributed by atoms with Crippen LogP contribution in [-0.4, -0.2) is 17.6 Å². The Kier molecular flexibility index (Phi) is 3.42. The zero-order valence-corrected chi connectivity index (χ0v) is 11.6. The lowest BCUT2D eigenvalue weighted by Crippen LogP contribution is -2.20. The van der Waals surface area contributed by atoms with Gasteiger partial charge in [-0.15, -0.1) is 0 Å². The van der Waals surface area contributed by atoms with Gasteiger partial charge in [0.25, 0.3) is 5.56 Å². The summed E-state index contributed by atoms with van der Waals surface area (Å²) in [6.07, 6.45) is 1.83. The van der Waals surface area contributed by atoms with Crippen LogP contribution in [0, 0.1) is 0 Å². The average Bonchev–Trinajstić information content (AvgIpc) is 2.40. The number of hydrogen-bond donors (Lipinski definition) is 0. The summed E-state index contributed by atoms with van der Waals surface area (Å²) in [7, 11) is 3.01. The first-order valence-electron chi connectivity index (χ1n) is 6.18. The molecule has 2 rings (SSSR count). The number of carbonyl (C=O) groups excluding carboxylic acids is 1. The molecular weight excluding hydrogens is 242 g/mol. The molecule has 0 N–H and O–H groups in total. The van der Waals surface area contributed by atoms with Gasteiger partial charge in [-0.3, -0.25) is 4.79 Å². The van der Waals surface area contributed by atoms with Gasteiger partial charge < -0.3 is 9.30 Å². The summed E-state index contributed by atoms with van der Waals surface area (Å²) >= 11 is 0. The number of benzene rings is 1. The number of esters is 1. The largest absolute Gasteiger partial charge is 0.465 e. The van der Waals surface area contributed by atoms with E-state index in [-0.39, 0.29) is 11.5 Å². The molecule has 0 fully saturated rings. The maximum Gasteiger partial charge on any atom is 0.338 e. The lowest BCUT2D eigenvalue weighted by molar-refractivity contribution is 0.0603. The molecule has 100 valence electrons. The third-order valence-corrected chi connectivity index (χ3v) is 3.27. The van der Waals surface area contributed by atoms with E-state index in [9.17, 15) is 9.59 Å². The normalized spacial score (nSPS) is 11.0. The fraction of sp³-hybridized carbons (Fsp3) is 0.333. The first-order valence-corrected chi connectivity index (χ1v) is 6.18. The zero-order chi connectivity index (χ0) is 14.2. The van der Waals surface area contributed by atoms with Crippen molar-refractivity contribution in [2.45, 2.75) is 19.8 Å². The van der Waals surface area contributed by atoms with E-state index >= 15 is 0 Å². The number of carbonyl (C=O) groups is 1. The molecule has 0 aliphatic rings. The Balaban J connectivity index is 2.97. The predicted molar refractivity (Wildman–Crippen MR) is 74.6 cm³/mol. The minimum atomic E-state index is -0.483. The summed E-state index contributed by atoms with van der Waals surface area (Å²) in [6.45, 7) is 4.12. The van der Waals surface area contributed by atoms with Crippen molar-refractivity contribution in [3.63, 3.8) is 0 Å². The molecule has 1 heterocycles. The molecule has 0 saturated carbocycles. The molecule has 0 atom stereocenters. The summed E-state index contributed by atoms with van der Waals surface area (Å²) in [5.41, 5.74) is 1.19. The maximum atomic E-state index is 12.3. The van der Waals surface area contributed by atoms with Crippen LogP contribution < -0.4 is 5.56 Å². The van der Waals surface area contributed by atoms with Gasteiger partial charge in [0.05, 0.1) is 18.1 Å². The van der Waals surface area contributed by atoms with Gasteiger partial charge >= 0.3 is 5.97 Å². The number of nitrogens with zero attached hydrogens (tertiary/aromatic N) is 1. The van der Waals surface area contributed by atoms with Gasteiger partial charge in [0.15, 0.2) is 0 Å². The molecule has 0 aliphatic carbocycles. The van der Waals surface area contributed by atoms with Gasteiger partial charge in [-0.2, -0.15) is 0 Å². The molecule has 0 aliphatic heterocycles. The number of fused-ring (bicyclic) bond motifs is 1. The Morgan fingerprint density at radius 3 is 2.58 bits per heavy atom. The van der Waals surface area contributed by atoms with E-state index in [0.29, 0.717) is 10.9 Å². The number of pyridine rings is 1. The van der Waals surface area contributed by atoms with Crippen LogP contribution >= 0.6 is 0 Å². The van der Waals surface area contributed by atoms with Gasteiger partial charge in [-0.25, -0.2) is 4.79 Å². The molecule has 0 radical (unpaired) electrons. The van der Waals surface area contributed by atoms with Crippen molar-refractivity contribution in [2.75, 3.05) is 7.11 Å². The van der Waals surface area contributed by atoms with Crippen molar-refractivity contribution in [3.8, 4) is 0 Å². The van der Waals surface area contributed by atoms with Crippen molar-refractivity contribution in [2.24, 2.45) is 7.05 Å². The van der Waals surface area contributed by atoms with E-state index in [2.05, 4.69) is 13.8 Å². The molecule has 0 unspecified atom stereocenters. The minimum absolute atomic E-state index is 0.180. The highest BCUT2D eigenvalue weighted by Crippen LogP contribution is 2.25. The van der Waals surface area contributed by atoms with Crippen molar-refractivity contribution in [3.05, 3.63) is 45.9 Å². The van der Waals surface area contributed by atoms with E-state index in [0.717, 1.165) is 10.9 Å². The van der Waals surface area contributed by atoms with E-state index in [4.69, 9.17) is 4.74 Å². The van der Waals surface area contributed by atoms with Crippen LogP contribution in [0.25, 0.3) is 10.8 Å². The Morgan fingerprint density at radius 1 is 1.32 bits per heavy atom. The van der Waals surface area contributed by atoms with Crippen LogP contribution in [0.2, 0.25) is 0 Å². The van der Waals surface area contributed by atoms with Crippen molar-refractivity contribution in [1.82, 2.24) is 4.57 Å². The Labute approximate surface area is 111 Å². The van der Waals surface area contributed by atoms with Crippen LogP contribution in [0.5, 0.6) is 0 Å². The minimum Gasteiger partial charge on any atom is -0.465 e. The van der Waals surface area contributed by atoms with E-state index in [1.165, 1.54) is 11.7 Å². The summed E-state index contributed by atoms with van der Waals surface area (Å²) in [5.74, 6) is -0.217. The molecular formula is C15H17NO3. The summed E-state index contributed by atoms with van der Waals surface area (Å²) in [6, 6.07) is 5.28. The van der Waals surface area contributed by atoms with Crippen molar-refractivity contribution < 1.29 is 9.53 Å². The lowest BCUT2D eigenvalue weighted by Gasteiger charge is -2.13. The summed E-state index contributed by atoms with van der Waals surface area (Å²) < 4.78 is 6.27. The van der Waals surface area contributed by atoms with Crippen molar-refractivity contribution >= 4 is 16.7 Å². The maximum absolute atomic E-state index is 12.3. The van der Waals surface area contributed by atoms with Crippen LogP contribution in [0.4, 0.5) is 0 Å². The number of rotatable bonds is 2. The molecule has 2 aromatic rings. The number of aryl methyl sites for hydroxylation is 1.